The van der Waals surface area contributed by atoms with Gasteiger partial charge in [0.1, 0.15) is 0 Å². The van der Waals surface area contributed by atoms with Crippen LogP contribution >= 0.6 is 0 Å². The van der Waals surface area contributed by atoms with Crippen molar-refractivity contribution in [2.24, 2.45) is 5.73 Å². The third-order valence-electron chi connectivity index (χ3n) is 2.71. The Balaban J connectivity index is 2.23. The summed E-state index contributed by atoms with van der Waals surface area (Å²) >= 11 is 0. The van der Waals surface area contributed by atoms with E-state index < -0.39 is 6.04 Å². The zero-order valence-electron chi connectivity index (χ0n) is 10.0. The number of hydrogen-bond donors (Lipinski definition) is 1. The van der Waals surface area contributed by atoms with Gasteiger partial charge in [0.25, 0.3) is 0 Å². The summed E-state index contributed by atoms with van der Waals surface area (Å²) in [5.41, 5.74) is 6.20. The van der Waals surface area contributed by atoms with Crippen LogP contribution in [0.1, 0.15) is 23.2 Å². The normalized spacial score (nSPS) is 15.3. The van der Waals surface area contributed by atoms with E-state index in [9.17, 15) is 4.79 Å². The lowest BCUT2D eigenvalue weighted by Crippen LogP contribution is -2.29. The number of carbonyl (C=O) groups is 1. The average Bonchev–Trinajstić information content (AvgIpc) is 2.62. The van der Waals surface area contributed by atoms with E-state index in [2.05, 4.69) is 5.92 Å². The first kappa shape index (κ1) is 12.5. The highest BCUT2D eigenvalue weighted by atomic mass is 16.5. The molecule has 1 heterocycles. The number of benzene rings is 1. The molecule has 1 aliphatic rings. The molecule has 2 N–H and O–H groups in total. The number of carbonyl (C=O) groups excluding carboxylic acids is 1. The molecule has 2 rings (SSSR count). The molecule has 4 nitrogen and oxygen atoms in total. The van der Waals surface area contributed by atoms with Gasteiger partial charge in [-0.05, 0) is 18.2 Å². The molecule has 0 amide bonds. The van der Waals surface area contributed by atoms with Gasteiger partial charge in [0.2, 0.25) is 0 Å². The lowest BCUT2D eigenvalue weighted by atomic mass is 10.0. The lowest BCUT2D eigenvalue weighted by Gasteiger charge is -2.11. The molecule has 4 heteroatoms. The highest BCUT2D eigenvalue weighted by Gasteiger charge is 2.18. The van der Waals surface area contributed by atoms with Gasteiger partial charge in [-0.2, -0.15) is 0 Å². The first-order valence-corrected chi connectivity index (χ1v) is 5.85. The molecule has 1 aliphatic heterocycles. The summed E-state index contributed by atoms with van der Waals surface area (Å²) in [5, 5.41) is 0. The maximum absolute atomic E-state index is 12.0. The van der Waals surface area contributed by atoms with Gasteiger partial charge in [0, 0.05) is 18.4 Å². The Bertz CT molecular complexity index is 490. The average molecular weight is 245 g/mol. The van der Waals surface area contributed by atoms with E-state index in [1.54, 1.807) is 18.2 Å². The SMILES string of the molecule is C#CCC(N)C(=O)c1ccc2c(c1)OCCCO2. The first-order chi connectivity index (χ1) is 8.72. The van der Waals surface area contributed by atoms with Crippen LogP contribution in [0.15, 0.2) is 18.2 Å². The van der Waals surface area contributed by atoms with E-state index in [0.717, 1.165) is 6.42 Å². The molecular formula is C14H15NO3. The van der Waals surface area contributed by atoms with Crippen LogP contribution in [0.4, 0.5) is 0 Å². The van der Waals surface area contributed by atoms with Crippen LogP contribution in [-0.2, 0) is 0 Å². The zero-order valence-corrected chi connectivity index (χ0v) is 10.0. The van der Waals surface area contributed by atoms with Gasteiger partial charge in [-0.1, -0.05) is 0 Å². The Labute approximate surface area is 106 Å². The van der Waals surface area contributed by atoms with Gasteiger partial charge in [0.05, 0.1) is 19.3 Å². The number of nitrogens with two attached hydrogens (primary N) is 1. The van der Waals surface area contributed by atoms with E-state index in [4.69, 9.17) is 21.6 Å². The van der Waals surface area contributed by atoms with Crippen LogP contribution in [0.2, 0.25) is 0 Å². The van der Waals surface area contributed by atoms with Crippen LogP contribution in [-0.4, -0.2) is 25.0 Å². The lowest BCUT2D eigenvalue weighted by molar-refractivity contribution is 0.0962. The number of hydrogen-bond acceptors (Lipinski definition) is 4. The largest absolute Gasteiger partial charge is 0.490 e. The summed E-state index contributed by atoms with van der Waals surface area (Å²) in [6.45, 7) is 1.21. The van der Waals surface area contributed by atoms with E-state index in [1.165, 1.54) is 0 Å². The smallest absolute Gasteiger partial charge is 0.180 e. The Morgan fingerprint density at radius 3 is 2.83 bits per heavy atom. The molecule has 0 spiro atoms. The Hall–Kier alpha value is -1.99. The molecule has 1 aromatic carbocycles. The Morgan fingerprint density at radius 2 is 2.11 bits per heavy atom. The molecule has 18 heavy (non-hydrogen) atoms. The van der Waals surface area contributed by atoms with Crippen molar-refractivity contribution in [1.82, 2.24) is 0 Å². The topological polar surface area (TPSA) is 61.6 Å². The summed E-state index contributed by atoms with van der Waals surface area (Å²) < 4.78 is 11.0. The van der Waals surface area contributed by atoms with Crippen LogP contribution in [0.3, 0.4) is 0 Å². The van der Waals surface area contributed by atoms with E-state index >= 15 is 0 Å². The zero-order chi connectivity index (χ0) is 13.0. The highest BCUT2D eigenvalue weighted by Crippen LogP contribution is 2.30. The van der Waals surface area contributed by atoms with Crippen molar-refractivity contribution >= 4 is 5.78 Å². The van der Waals surface area contributed by atoms with E-state index in [-0.39, 0.29) is 12.2 Å². The molecule has 1 atom stereocenters. The monoisotopic (exact) mass is 245 g/mol. The van der Waals surface area contributed by atoms with Crippen LogP contribution in [0.25, 0.3) is 0 Å². The second-order valence-corrected chi connectivity index (χ2v) is 4.09. The van der Waals surface area contributed by atoms with Crippen molar-refractivity contribution in [3.8, 4) is 23.8 Å². The molecule has 0 saturated carbocycles. The summed E-state index contributed by atoms with van der Waals surface area (Å²) in [6, 6.07) is 4.42. The van der Waals surface area contributed by atoms with Crippen molar-refractivity contribution in [2.45, 2.75) is 18.9 Å². The molecule has 0 bridgehead atoms. The number of rotatable bonds is 3. The van der Waals surface area contributed by atoms with Gasteiger partial charge in [-0.15, -0.1) is 12.3 Å². The maximum atomic E-state index is 12.0. The Kier molecular flexibility index (Phi) is 3.85. The first-order valence-electron chi connectivity index (χ1n) is 5.85. The Morgan fingerprint density at radius 1 is 1.39 bits per heavy atom. The second-order valence-electron chi connectivity index (χ2n) is 4.09. The fourth-order valence-electron chi connectivity index (χ4n) is 1.75. The second kappa shape index (κ2) is 5.56. The fraction of sp³-hybridized carbons (Fsp3) is 0.357. The minimum Gasteiger partial charge on any atom is -0.490 e. The van der Waals surface area contributed by atoms with E-state index in [1.807, 2.05) is 0 Å². The minimum absolute atomic E-state index is 0.177. The third-order valence-corrected chi connectivity index (χ3v) is 2.71. The van der Waals surface area contributed by atoms with Crippen molar-refractivity contribution in [2.75, 3.05) is 13.2 Å². The predicted octanol–water partition coefficient (Wildman–Crippen LogP) is 1.38. The number of fused-ring (bicyclic) bond motifs is 1. The standard InChI is InChI=1S/C14H15NO3/c1-2-4-11(15)14(16)10-5-6-12-13(9-10)18-8-3-7-17-12/h1,5-6,9,11H,3-4,7-8,15H2. The molecular weight excluding hydrogens is 230 g/mol. The van der Waals surface area contributed by atoms with Crippen molar-refractivity contribution in [3.63, 3.8) is 0 Å². The van der Waals surface area contributed by atoms with Gasteiger partial charge in [0.15, 0.2) is 17.3 Å². The molecule has 0 aromatic heterocycles. The summed E-state index contributed by atoms with van der Waals surface area (Å²) in [5.74, 6) is 3.46. The third kappa shape index (κ3) is 2.63. The maximum Gasteiger partial charge on any atom is 0.180 e. The fourth-order valence-corrected chi connectivity index (χ4v) is 1.75. The molecule has 0 aliphatic carbocycles. The summed E-state index contributed by atoms with van der Waals surface area (Å²) in [7, 11) is 0. The number of Topliss-reactive ketones (excluding diaryl/α,β-unsaturated/α-hetero) is 1. The highest BCUT2D eigenvalue weighted by molar-refractivity contribution is 6.00. The number of terminal acetylenes is 1. The molecule has 94 valence electrons. The van der Waals surface area contributed by atoms with Crippen LogP contribution in [0, 0.1) is 12.3 Å². The van der Waals surface area contributed by atoms with Gasteiger partial charge in [-0.3, -0.25) is 4.79 Å². The van der Waals surface area contributed by atoms with Gasteiger partial charge >= 0.3 is 0 Å². The summed E-state index contributed by atoms with van der Waals surface area (Å²) in [4.78, 5) is 12.0. The summed E-state index contributed by atoms with van der Waals surface area (Å²) in [6.07, 6.45) is 6.21. The van der Waals surface area contributed by atoms with Gasteiger partial charge < -0.3 is 15.2 Å². The molecule has 0 fully saturated rings. The van der Waals surface area contributed by atoms with Crippen LogP contribution in [0.5, 0.6) is 11.5 Å². The molecule has 1 aromatic rings. The van der Waals surface area contributed by atoms with Crippen molar-refractivity contribution in [1.29, 1.82) is 0 Å². The quantitative estimate of drug-likeness (QED) is 0.645. The molecule has 1 unspecified atom stereocenters. The van der Waals surface area contributed by atoms with E-state index in [0.29, 0.717) is 30.3 Å². The number of ketones is 1. The molecule has 0 saturated heterocycles. The van der Waals surface area contributed by atoms with Crippen molar-refractivity contribution in [3.05, 3.63) is 23.8 Å². The molecule has 0 radical (unpaired) electrons. The van der Waals surface area contributed by atoms with Gasteiger partial charge in [-0.25, -0.2) is 0 Å². The van der Waals surface area contributed by atoms with Crippen LogP contribution < -0.4 is 15.2 Å². The predicted molar refractivity (Wildman–Crippen MR) is 67.8 cm³/mol. The minimum atomic E-state index is -0.667. The number of ether oxygens (including phenoxy) is 2. The van der Waals surface area contributed by atoms with Crippen molar-refractivity contribution < 1.29 is 14.3 Å².